The van der Waals surface area contributed by atoms with Gasteiger partial charge < -0.3 is 15.2 Å². The summed E-state index contributed by atoms with van der Waals surface area (Å²) >= 11 is 0. The average molecular weight is 297 g/mol. The maximum Gasteiger partial charge on any atom is 0.290 e. The predicted molar refractivity (Wildman–Crippen MR) is 83.1 cm³/mol. The predicted octanol–water partition coefficient (Wildman–Crippen LogP) is 2.96. The van der Waals surface area contributed by atoms with E-state index in [4.69, 9.17) is 4.74 Å². The second-order valence-corrected chi connectivity index (χ2v) is 4.44. The quantitative estimate of drug-likeness (QED) is 0.505. The molecule has 0 bridgehead atoms. The molecule has 0 aliphatic rings. The van der Waals surface area contributed by atoms with Gasteiger partial charge in [-0.25, -0.2) is 0 Å². The summed E-state index contributed by atoms with van der Waals surface area (Å²) in [5.41, 5.74) is 0.879. The van der Waals surface area contributed by atoms with Crippen molar-refractivity contribution < 1.29 is 19.4 Å². The van der Waals surface area contributed by atoms with Gasteiger partial charge in [0.15, 0.2) is 11.5 Å². The fraction of sp³-hybridized carbons (Fsp3) is 0.0588. The molecule has 2 aromatic carbocycles. The van der Waals surface area contributed by atoms with Crippen molar-refractivity contribution >= 4 is 17.4 Å². The van der Waals surface area contributed by atoms with Crippen molar-refractivity contribution in [3.8, 4) is 5.75 Å². The lowest BCUT2D eigenvalue weighted by Gasteiger charge is -2.05. The third kappa shape index (κ3) is 3.96. The molecule has 0 aromatic heterocycles. The summed E-state index contributed by atoms with van der Waals surface area (Å²) in [5, 5.41) is 12.2. The van der Waals surface area contributed by atoms with Crippen LogP contribution < -0.4 is 10.1 Å². The molecule has 0 fully saturated rings. The summed E-state index contributed by atoms with van der Waals surface area (Å²) in [5.74, 6) is -1.20. The normalized spacial score (nSPS) is 10.9. The minimum atomic E-state index is -0.755. The third-order valence-corrected chi connectivity index (χ3v) is 2.91. The van der Waals surface area contributed by atoms with E-state index in [0.29, 0.717) is 17.0 Å². The van der Waals surface area contributed by atoms with E-state index in [0.717, 1.165) is 6.08 Å². The first-order valence-electron chi connectivity index (χ1n) is 6.55. The van der Waals surface area contributed by atoms with Crippen LogP contribution in [0.25, 0.3) is 0 Å². The summed E-state index contributed by atoms with van der Waals surface area (Å²) in [6.07, 6.45) is 0.897. The molecule has 112 valence electrons. The van der Waals surface area contributed by atoms with E-state index >= 15 is 0 Å². The number of ether oxygens (including phenoxy) is 1. The number of aliphatic hydroxyl groups excluding tert-OH is 1. The van der Waals surface area contributed by atoms with Gasteiger partial charge >= 0.3 is 0 Å². The zero-order valence-corrected chi connectivity index (χ0v) is 11.9. The highest BCUT2D eigenvalue weighted by Gasteiger charge is 2.11. The van der Waals surface area contributed by atoms with E-state index in [2.05, 4.69) is 5.32 Å². The monoisotopic (exact) mass is 297 g/mol. The number of anilines is 1. The number of aliphatic hydroxyl groups is 1. The van der Waals surface area contributed by atoms with Crippen molar-refractivity contribution in [2.75, 3.05) is 12.4 Å². The van der Waals surface area contributed by atoms with Crippen LogP contribution in [0.2, 0.25) is 0 Å². The van der Waals surface area contributed by atoms with Gasteiger partial charge in [-0.1, -0.05) is 30.3 Å². The van der Waals surface area contributed by atoms with E-state index in [1.807, 2.05) is 0 Å². The molecule has 1 amide bonds. The standard InChI is InChI=1S/C17H15NO4/c1-22-14-9-7-13(8-10-14)18-17(21)16(20)11-15(19)12-5-3-2-4-6-12/h2-11,20H,1H3,(H,18,21)/b16-11-. The molecule has 0 heterocycles. The maximum absolute atomic E-state index is 11.9. The molecule has 5 heteroatoms. The van der Waals surface area contributed by atoms with Gasteiger partial charge in [0.05, 0.1) is 7.11 Å². The number of carbonyl (C=O) groups excluding carboxylic acids is 2. The van der Waals surface area contributed by atoms with Crippen molar-refractivity contribution in [1.82, 2.24) is 0 Å². The molecule has 0 unspecified atom stereocenters. The number of allylic oxidation sites excluding steroid dienone is 1. The molecule has 0 saturated heterocycles. The molecule has 0 atom stereocenters. The van der Waals surface area contributed by atoms with Crippen LogP contribution in [0, 0.1) is 0 Å². The molecular formula is C17H15NO4. The van der Waals surface area contributed by atoms with Gasteiger partial charge in [0.25, 0.3) is 5.91 Å². The fourth-order valence-corrected chi connectivity index (χ4v) is 1.74. The van der Waals surface area contributed by atoms with Gasteiger partial charge in [-0.05, 0) is 24.3 Å². The first-order chi connectivity index (χ1) is 10.6. The van der Waals surface area contributed by atoms with Gasteiger partial charge in [0.1, 0.15) is 5.75 Å². The Labute approximate surface area is 127 Å². The molecule has 0 aliphatic heterocycles. The molecule has 0 saturated carbocycles. The van der Waals surface area contributed by atoms with Gasteiger partial charge in [0, 0.05) is 17.3 Å². The lowest BCUT2D eigenvalue weighted by molar-refractivity contribution is -0.115. The second kappa shape index (κ2) is 7.08. The zero-order chi connectivity index (χ0) is 15.9. The van der Waals surface area contributed by atoms with Crippen molar-refractivity contribution in [1.29, 1.82) is 0 Å². The van der Waals surface area contributed by atoms with Crippen LogP contribution in [0.4, 0.5) is 5.69 Å². The Morgan fingerprint density at radius 1 is 1.05 bits per heavy atom. The molecular weight excluding hydrogens is 282 g/mol. The molecule has 2 rings (SSSR count). The molecule has 5 nitrogen and oxygen atoms in total. The Kier molecular flexibility index (Phi) is 4.93. The number of rotatable bonds is 5. The number of nitrogens with one attached hydrogen (secondary N) is 1. The van der Waals surface area contributed by atoms with Crippen molar-refractivity contribution in [3.63, 3.8) is 0 Å². The van der Waals surface area contributed by atoms with Crippen LogP contribution >= 0.6 is 0 Å². The van der Waals surface area contributed by atoms with Gasteiger partial charge in [-0.15, -0.1) is 0 Å². The fourth-order valence-electron chi connectivity index (χ4n) is 1.74. The summed E-state index contributed by atoms with van der Waals surface area (Å²) < 4.78 is 5.01. The largest absolute Gasteiger partial charge is 0.503 e. The van der Waals surface area contributed by atoms with Crippen LogP contribution in [0.15, 0.2) is 66.4 Å². The molecule has 2 aromatic rings. The Morgan fingerprint density at radius 2 is 1.68 bits per heavy atom. The lowest BCUT2D eigenvalue weighted by atomic mass is 10.1. The Balaban J connectivity index is 2.04. The topological polar surface area (TPSA) is 75.6 Å². The molecule has 0 spiro atoms. The van der Waals surface area contributed by atoms with E-state index in [1.54, 1.807) is 54.6 Å². The Hall–Kier alpha value is -3.08. The number of hydrogen-bond acceptors (Lipinski definition) is 4. The van der Waals surface area contributed by atoms with E-state index < -0.39 is 17.4 Å². The molecule has 0 aliphatic carbocycles. The van der Waals surface area contributed by atoms with Gasteiger partial charge in [-0.3, -0.25) is 9.59 Å². The van der Waals surface area contributed by atoms with Crippen LogP contribution in [0.5, 0.6) is 5.75 Å². The highest BCUT2D eigenvalue weighted by Crippen LogP contribution is 2.15. The highest BCUT2D eigenvalue weighted by atomic mass is 16.5. The first-order valence-corrected chi connectivity index (χ1v) is 6.55. The Morgan fingerprint density at radius 3 is 2.27 bits per heavy atom. The molecule has 2 N–H and O–H groups in total. The van der Waals surface area contributed by atoms with Crippen molar-refractivity contribution in [2.24, 2.45) is 0 Å². The number of methoxy groups -OCH3 is 1. The number of amides is 1. The zero-order valence-electron chi connectivity index (χ0n) is 11.9. The summed E-state index contributed by atoms with van der Waals surface area (Å²) in [6.45, 7) is 0. The van der Waals surface area contributed by atoms with Crippen LogP contribution in [-0.4, -0.2) is 23.9 Å². The summed E-state index contributed by atoms with van der Waals surface area (Å²) in [7, 11) is 1.54. The molecule has 0 radical (unpaired) electrons. The van der Waals surface area contributed by atoms with Gasteiger partial charge in [-0.2, -0.15) is 0 Å². The Bertz CT molecular complexity index is 690. The summed E-state index contributed by atoms with van der Waals surface area (Å²) in [6, 6.07) is 15.0. The SMILES string of the molecule is COc1ccc(NC(=O)/C(O)=C/C(=O)c2ccccc2)cc1. The third-order valence-electron chi connectivity index (χ3n) is 2.91. The van der Waals surface area contributed by atoms with E-state index in [9.17, 15) is 14.7 Å². The minimum Gasteiger partial charge on any atom is -0.503 e. The number of benzene rings is 2. The minimum absolute atomic E-state index is 0.395. The van der Waals surface area contributed by atoms with Crippen molar-refractivity contribution in [3.05, 3.63) is 72.0 Å². The summed E-state index contributed by atoms with van der Waals surface area (Å²) in [4.78, 5) is 23.7. The number of hydrogen-bond donors (Lipinski definition) is 2. The van der Waals surface area contributed by atoms with Crippen LogP contribution in [0.3, 0.4) is 0 Å². The van der Waals surface area contributed by atoms with E-state index in [1.165, 1.54) is 7.11 Å². The van der Waals surface area contributed by atoms with Crippen LogP contribution in [-0.2, 0) is 4.79 Å². The van der Waals surface area contributed by atoms with Crippen molar-refractivity contribution in [2.45, 2.75) is 0 Å². The average Bonchev–Trinajstić information content (AvgIpc) is 2.56. The van der Waals surface area contributed by atoms with E-state index in [-0.39, 0.29) is 0 Å². The molecule has 22 heavy (non-hydrogen) atoms. The second-order valence-electron chi connectivity index (χ2n) is 4.44. The van der Waals surface area contributed by atoms with Crippen LogP contribution in [0.1, 0.15) is 10.4 Å². The first kappa shape index (κ1) is 15.3. The smallest absolute Gasteiger partial charge is 0.290 e. The maximum atomic E-state index is 11.9. The number of carbonyl (C=O) groups is 2. The number of ketones is 1. The highest BCUT2D eigenvalue weighted by molar-refractivity contribution is 6.11. The van der Waals surface area contributed by atoms with Gasteiger partial charge in [0.2, 0.25) is 0 Å². The lowest BCUT2D eigenvalue weighted by Crippen LogP contribution is -2.15.